The fraction of sp³-hybridized carbons (Fsp3) is 0.667. The molecule has 0 spiro atoms. The minimum atomic E-state index is -0.479. The highest BCUT2D eigenvalue weighted by Gasteiger charge is 2.20. The van der Waals surface area contributed by atoms with Gasteiger partial charge in [-0.3, -0.25) is 0 Å². The molecule has 0 aliphatic carbocycles. The maximum absolute atomic E-state index is 11.9. The van der Waals surface area contributed by atoms with Crippen molar-refractivity contribution in [3.63, 3.8) is 0 Å². The molecule has 0 fully saturated rings. The summed E-state index contributed by atoms with van der Waals surface area (Å²) in [7, 11) is 0. The number of ether oxygens (including phenoxy) is 1. The molecule has 21 heavy (non-hydrogen) atoms. The maximum atomic E-state index is 11.9. The van der Waals surface area contributed by atoms with E-state index in [0.29, 0.717) is 31.9 Å². The van der Waals surface area contributed by atoms with Gasteiger partial charge in [-0.2, -0.15) is 0 Å². The van der Waals surface area contributed by atoms with E-state index in [9.17, 15) is 4.79 Å². The van der Waals surface area contributed by atoms with Crippen LogP contribution in [0.15, 0.2) is 16.5 Å². The number of nitrogens with one attached hydrogen (secondary N) is 1. The first kappa shape index (κ1) is 17.5. The third kappa shape index (κ3) is 6.64. The highest BCUT2D eigenvalue weighted by molar-refractivity contribution is 5.68. The molecule has 120 valence electrons. The molecule has 1 heterocycles. The lowest BCUT2D eigenvalue weighted by molar-refractivity contribution is 0.0262. The Bertz CT molecular complexity index is 437. The lowest BCUT2D eigenvalue weighted by atomic mass is 10.2. The Balaban J connectivity index is 2.30. The van der Waals surface area contributed by atoms with Crippen LogP contribution >= 0.6 is 0 Å². The van der Waals surface area contributed by atoms with Crippen molar-refractivity contribution in [3.05, 3.63) is 23.7 Å². The summed E-state index contributed by atoms with van der Waals surface area (Å²) in [5.74, 6) is 1.31. The van der Waals surface area contributed by atoms with Crippen molar-refractivity contribution < 1.29 is 19.1 Å². The van der Waals surface area contributed by atoms with Crippen LogP contribution in [0.3, 0.4) is 0 Å². The van der Waals surface area contributed by atoms with E-state index in [1.807, 2.05) is 33.8 Å². The summed E-state index contributed by atoms with van der Waals surface area (Å²) in [4.78, 5) is 13.6. The van der Waals surface area contributed by atoms with Gasteiger partial charge in [0.05, 0.1) is 6.54 Å². The SMILES string of the molecule is CCN(CCNCc1ccc(CO)o1)C(=O)OC(C)(C)C. The van der Waals surface area contributed by atoms with Gasteiger partial charge in [0, 0.05) is 19.6 Å². The second kappa shape index (κ2) is 8.05. The number of hydrogen-bond donors (Lipinski definition) is 2. The molecule has 6 nitrogen and oxygen atoms in total. The van der Waals surface area contributed by atoms with E-state index in [1.165, 1.54) is 0 Å². The van der Waals surface area contributed by atoms with Crippen LogP contribution in [0.25, 0.3) is 0 Å². The third-order valence-electron chi connectivity index (χ3n) is 2.76. The summed E-state index contributed by atoms with van der Waals surface area (Å²) in [6.45, 7) is 9.76. The number of aliphatic hydroxyl groups is 1. The second-order valence-electron chi connectivity index (χ2n) is 5.76. The normalized spacial score (nSPS) is 11.5. The predicted molar refractivity (Wildman–Crippen MR) is 79.8 cm³/mol. The van der Waals surface area contributed by atoms with Crippen molar-refractivity contribution in [2.24, 2.45) is 0 Å². The van der Waals surface area contributed by atoms with E-state index >= 15 is 0 Å². The monoisotopic (exact) mass is 298 g/mol. The topological polar surface area (TPSA) is 74.9 Å². The van der Waals surface area contributed by atoms with Crippen molar-refractivity contribution in [1.29, 1.82) is 0 Å². The summed E-state index contributed by atoms with van der Waals surface area (Å²) >= 11 is 0. The van der Waals surface area contributed by atoms with E-state index in [1.54, 1.807) is 11.0 Å². The highest BCUT2D eigenvalue weighted by atomic mass is 16.6. The predicted octanol–water partition coefficient (Wildman–Crippen LogP) is 2.12. The zero-order chi connectivity index (χ0) is 15.9. The maximum Gasteiger partial charge on any atom is 0.410 e. The van der Waals surface area contributed by atoms with Crippen LogP contribution in [0.1, 0.15) is 39.2 Å². The highest BCUT2D eigenvalue weighted by Crippen LogP contribution is 2.10. The van der Waals surface area contributed by atoms with Crippen molar-refractivity contribution in [2.75, 3.05) is 19.6 Å². The molecule has 0 unspecified atom stereocenters. The smallest absolute Gasteiger partial charge is 0.410 e. The number of hydrogen-bond acceptors (Lipinski definition) is 5. The van der Waals surface area contributed by atoms with Gasteiger partial charge in [0.2, 0.25) is 0 Å². The molecule has 0 saturated heterocycles. The molecule has 0 aromatic carbocycles. The molecule has 0 aliphatic heterocycles. The van der Waals surface area contributed by atoms with Crippen LogP contribution < -0.4 is 5.32 Å². The zero-order valence-electron chi connectivity index (χ0n) is 13.3. The number of rotatable bonds is 7. The number of furan rings is 1. The molecule has 0 bridgehead atoms. The Morgan fingerprint density at radius 3 is 2.57 bits per heavy atom. The van der Waals surface area contributed by atoms with Crippen LogP contribution in [-0.2, 0) is 17.9 Å². The standard InChI is InChI=1S/C15H26N2O4/c1-5-17(14(19)21-15(2,3)4)9-8-16-10-12-6-7-13(11-18)20-12/h6-7,16,18H,5,8-11H2,1-4H3. The van der Waals surface area contributed by atoms with E-state index in [-0.39, 0.29) is 12.7 Å². The van der Waals surface area contributed by atoms with Gasteiger partial charge >= 0.3 is 6.09 Å². The number of nitrogens with zero attached hydrogens (tertiary/aromatic N) is 1. The van der Waals surface area contributed by atoms with Gasteiger partial charge in [0.1, 0.15) is 23.7 Å². The minimum Gasteiger partial charge on any atom is -0.462 e. The average molecular weight is 298 g/mol. The summed E-state index contributed by atoms with van der Waals surface area (Å²) in [5, 5.41) is 12.1. The van der Waals surface area contributed by atoms with Gasteiger partial charge in [-0.15, -0.1) is 0 Å². The van der Waals surface area contributed by atoms with Gasteiger partial charge in [-0.25, -0.2) is 4.79 Å². The molecule has 0 saturated carbocycles. The molecular weight excluding hydrogens is 272 g/mol. The van der Waals surface area contributed by atoms with E-state index in [4.69, 9.17) is 14.3 Å². The van der Waals surface area contributed by atoms with Gasteiger partial charge < -0.3 is 24.5 Å². The number of likely N-dealkylation sites (N-methyl/N-ethyl adjacent to an activating group) is 1. The molecule has 1 aromatic rings. The summed E-state index contributed by atoms with van der Waals surface area (Å²) < 4.78 is 10.7. The fourth-order valence-electron chi connectivity index (χ4n) is 1.73. The Kier molecular flexibility index (Phi) is 6.71. The van der Waals surface area contributed by atoms with Gasteiger partial charge in [-0.05, 0) is 39.8 Å². The Morgan fingerprint density at radius 1 is 1.38 bits per heavy atom. The molecule has 0 aliphatic rings. The van der Waals surface area contributed by atoms with Gasteiger partial charge in [0.25, 0.3) is 0 Å². The molecule has 0 radical (unpaired) electrons. The first-order chi connectivity index (χ1) is 9.85. The van der Waals surface area contributed by atoms with Crippen molar-refractivity contribution in [1.82, 2.24) is 10.2 Å². The first-order valence-corrected chi connectivity index (χ1v) is 7.22. The molecule has 2 N–H and O–H groups in total. The number of carbonyl (C=O) groups is 1. The largest absolute Gasteiger partial charge is 0.462 e. The number of aliphatic hydroxyl groups excluding tert-OH is 1. The number of amides is 1. The summed E-state index contributed by atoms with van der Waals surface area (Å²) in [5.41, 5.74) is -0.479. The van der Waals surface area contributed by atoms with Gasteiger partial charge in [-0.1, -0.05) is 0 Å². The molecular formula is C15H26N2O4. The Morgan fingerprint density at radius 2 is 2.05 bits per heavy atom. The Hall–Kier alpha value is -1.53. The van der Waals surface area contributed by atoms with Crippen LogP contribution in [0.5, 0.6) is 0 Å². The number of carbonyl (C=O) groups excluding carboxylic acids is 1. The minimum absolute atomic E-state index is 0.0950. The zero-order valence-corrected chi connectivity index (χ0v) is 13.3. The van der Waals surface area contributed by atoms with Crippen molar-refractivity contribution >= 4 is 6.09 Å². The van der Waals surface area contributed by atoms with Crippen molar-refractivity contribution in [3.8, 4) is 0 Å². The molecule has 1 rings (SSSR count). The molecule has 1 aromatic heterocycles. The molecule has 0 atom stereocenters. The fourth-order valence-corrected chi connectivity index (χ4v) is 1.73. The second-order valence-corrected chi connectivity index (χ2v) is 5.76. The summed E-state index contributed by atoms with van der Waals surface area (Å²) in [6, 6.07) is 3.57. The average Bonchev–Trinajstić information content (AvgIpc) is 2.84. The van der Waals surface area contributed by atoms with E-state index in [0.717, 1.165) is 5.76 Å². The van der Waals surface area contributed by atoms with Crippen molar-refractivity contribution in [2.45, 2.75) is 46.4 Å². The molecule has 1 amide bonds. The quantitative estimate of drug-likeness (QED) is 0.754. The first-order valence-electron chi connectivity index (χ1n) is 7.22. The molecule has 6 heteroatoms. The Labute approximate surface area is 126 Å². The lowest BCUT2D eigenvalue weighted by Crippen LogP contribution is -2.40. The van der Waals surface area contributed by atoms with Gasteiger partial charge in [0.15, 0.2) is 0 Å². The van der Waals surface area contributed by atoms with Crippen LogP contribution in [0.2, 0.25) is 0 Å². The lowest BCUT2D eigenvalue weighted by Gasteiger charge is -2.26. The van der Waals surface area contributed by atoms with E-state index in [2.05, 4.69) is 5.32 Å². The third-order valence-corrected chi connectivity index (χ3v) is 2.76. The van der Waals surface area contributed by atoms with Crippen LogP contribution in [0.4, 0.5) is 4.79 Å². The van der Waals surface area contributed by atoms with Crippen LogP contribution in [-0.4, -0.2) is 41.3 Å². The van der Waals surface area contributed by atoms with Crippen LogP contribution in [0, 0.1) is 0 Å². The summed E-state index contributed by atoms with van der Waals surface area (Å²) in [6.07, 6.45) is -0.299. The van der Waals surface area contributed by atoms with E-state index < -0.39 is 5.60 Å².